The SMILES string of the molecule is COc1cc(Cl)ccc1Cn1c(=O)c(OC)nn(-c2ccc(F)c(NC(C)=O)c2)c1=O. The highest BCUT2D eigenvalue weighted by molar-refractivity contribution is 6.30. The van der Waals surface area contributed by atoms with Crippen LogP contribution in [-0.2, 0) is 11.3 Å². The van der Waals surface area contributed by atoms with E-state index in [0.717, 1.165) is 15.3 Å². The Kier molecular flexibility index (Phi) is 6.40. The number of halogens is 2. The lowest BCUT2D eigenvalue weighted by molar-refractivity contribution is -0.114. The quantitative estimate of drug-likeness (QED) is 0.620. The molecule has 0 atom stereocenters. The lowest BCUT2D eigenvalue weighted by Crippen LogP contribution is -2.41. The Balaban J connectivity index is 2.18. The van der Waals surface area contributed by atoms with Crippen LogP contribution in [-0.4, -0.2) is 34.5 Å². The van der Waals surface area contributed by atoms with Gasteiger partial charge >= 0.3 is 11.2 Å². The lowest BCUT2D eigenvalue weighted by Gasteiger charge is -2.14. The van der Waals surface area contributed by atoms with Gasteiger partial charge in [0.2, 0.25) is 5.91 Å². The largest absolute Gasteiger partial charge is 0.496 e. The van der Waals surface area contributed by atoms with Crippen LogP contribution in [0.25, 0.3) is 5.69 Å². The summed E-state index contributed by atoms with van der Waals surface area (Å²) in [7, 11) is 2.67. The number of nitrogens with zero attached hydrogens (tertiary/aromatic N) is 3. The third-order valence-electron chi connectivity index (χ3n) is 4.31. The van der Waals surface area contributed by atoms with Gasteiger partial charge in [-0.25, -0.2) is 13.8 Å². The van der Waals surface area contributed by atoms with Crippen molar-refractivity contribution in [1.82, 2.24) is 14.3 Å². The minimum Gasteiger partial charge on any atom is -0.496 e. The van der Waals surface area contributed by atoms with E-state index >= 15 is 0 Å². The Morgan fingerprint density at radius 1 is 1.16 bits per heavy atom. The number of hydrogen-bond acceptors (Lipinski definition) is 6. The first kappa shape index (κ1) is 22.0. The molecule has 0 radical (unpaired) electrons. The van der Waals surface area contributed by atoms with Crippen LogP contribution < -0.4 is 26.0 Å². The summed E-state index contributed by atoms with van der Waals surface area (Å²) in [6.07, 6.45) is 0. The van der Waals surface area contributed by atoms with Gasteiger partial charge in [-0.15, -0.1) is 5.10 Å². The highest BCUT2D eigenvalue weighted by atomic mass is 35.5. The first-order valence-corrected chi connectivity index (χ1v) is 9.31. The molecule has 3 aromatic rings. The highest BCUT2D eigenvalue weighted by Gasteiger charge is 2.18. The zero-order chi connectivity index (χ0) is 22.7. The van der Waals surface area contributed by atoms with Gasteiger partial charge in [0.05, 0.1) is 32.1 Å². The molecular formula is C20H18ClFN4O5. The molecule has 0 fully saturated rings. The minimum atomic E-state index is -0.803. The third kappa shape index (κ3) is 4.58. The molecule has 1 N–H and O–H groups in total. The van der Waals surface area contributed by atoms with Crippen LogP contribution in [0.5, 0.6) is 11.6 Å². The summed E-state index contributed by atoms with van der Waals surface area (Å²) in [5, 5.41) is 6.69. The second kappa shape index (κ2) is 9.00. The molecular weight excluding hydrogens is 431 g/mol. The Labute approximate surface area is 180 Å². The fourth-order valence-electron chi connectivity index (χ4n) is 2.88. The summed E-state index contributed by atoms with van der Waals surface area (Å²) in [5.74, 6) is -1.15. The van der Waals surface area contributed by atoms with Crippen molar-refractivity contribution in [2.45, 2.75) is 13.5 Å². The fourth-order valence-corrected chi connectivity index (χ4v) is 3.04. The second-order valence-corrected chi connectivity index (χ2v) is 6.83. The Bertz CT molecular complexity index is 1270. The van der Waals surface area contributed by atoms with Gasteiger partial charge in [-0.2, -0.15) is 4.68 Å². The molecule has 0 saturated carbocycles. The van der Waals surface area contributed by atoms with Crippen LogP contribution in [0.1, 0.15) is 12.5 Å². The summed E-state index contributed by atoms with van der Waals surface area (Å²) >= 11 is 5.97. The molecule has 11 heteroatoms. The smallest absolute Gasteiger partial charge is 0.352 e. The molecule has 0 aliphatic rings. The average molecular weight is 449 g/mol. The summed E-state index contributed by atoms with van der Waals surface area (Å²) in [6, 6.07) is 8.35. The van der Waals surface area contributed by atoms with E-state index in [4.69, 9.17) is 21.1 Å². The van der Waals surface area contributed by atoms with Crippen molar-refractivity contribution in [2.75, 3.05) is 19.5 Å². The van der Waals surface area contributed by atoms with E-state index in [1.165, 1.54) is 33.3 Å². The van der Waals surface area contributed by atoms with E-state index in [0.29, 0.717) is 16.3 Å². The highest BCUT2D eigenvalue weighted by Crippen LogP contribution is 2.23. The first-order valence-electron chi connectivity index (χ1n) is 8.93. The van der Waals surface area contributed by atoms with Gasteiger partial charge in [0.1, 0.15) is 11.6 Å². The maximum atomic E-state index is 14.0. The number of aromatic nitrogens is 3. The zero-order valence-electron chi connectivity index (χ0n) is 16.8. The maximum absolute atomic E-state index is 14.0. The van der Waals surface area contributed by atoms with E-state index in [1.807, 2.05) is 0 Å². The van der Waals surface area contributed by atoms with Crippen molar-refractivity contribution in [3.63, 3.8) is 0 Å². The molecule has 0 saturated heterocycles. The third-order valence-corrected chi connectivity index (χ3v) is 4.54. The van der Waals surface area contributed by atoms with Crippen LogP contribution in [0.3, 0.4) is 0 Å². The van der Waals surface area contributed by atoms with Crippen molar-refractivity contribution >= 4 is 23.2 Å². The van der Waals surface area contributed by atoms with E-state index in [9.17, 15) is 18.8 Å². The van der Waals surface area contributed by atoms with Crippen LogP contribution in [0.4, 0.5) is 10.1 Å². The van der Waals surface area contributed by atoms with E-state index in [2.05, 4.69) is 10.4 Å². The molecule has 0 bridgehead atoms. The average Bonchev–Trinajstić information content (AvgIpc) is 2.73. The number of rotatable bonds is 6. The van der Waals surface area contributed by atoms with Crippen molar-refractivity contribution in [3.8, 4) is 17.3 Å². The molecule has 1 amide bonds. The topological polar surface area (TPSA) is 104 Å². The van der Waals surface area contributed by atoms with Gasteiger partial charge in [0.25, 0.3) is 5.88 Å². The number of amides is 1. The maximum Gasteiger partial charge on any atom is 0.352 e. The van der Waals surface area contributed by atoms with Crippen molar-refractivity contribution in [1.29, 1.82) is 0 Å². The standard InChI is InChI=1S/C20H18ClFN4O5/c1-11(27)23-16-9-14(6-7-15(16)22)26-20(29)25(19(28)18(24-26)31-3)10-12-4-5-13(21)8-17(12)30-2/h4-9H,10H2,1-3H3,(H,23,27). The van der Waals surface area contributed by atoms with Gasteiger partial charge in [-0.05, 0) is 30.3 Å². The Hall–Kier alpha value is -3.66. The van der Waals surface area contributed by atoms with Gasteiger partial charge in [0.15, 0.2) is 0 Å². The number of benzene rings is 2. The van der Waals surface area contributed by atoms with E-state index in [1.54, 1.807) is 18.2 Å². The van der Waals surface area contributed by atoms with Crippen LogP contribution >= 0.6 is 11.6 Å². The molecule has 9 nitrogen and oxygen atoms in total. The molecule has 0 aliphatic carbocycles. The summed E-state index contributed by atoms with van der Waals surface area (Å²) in [4.78, 5) is 37.1. The van der Waals surface area contributed by atoms with Crippen LogP contribution in [0.15, 0.2) is 46.0 Å². The zero-order valence-corrected chi connectivity index (χ0v) is 17.6. The van der Waals surface area contributed by atoms with Crippen LogP contribution in [0, 0.1) is 5.82 Å². The number of ether oxygens (including phenoxy) is 2. The van der Waals surface area contributed by atoms with Crippen molar-refractivity contribution < 1.29 is 18.7 Å². The summed E-state index contributed by atoms with van der Waals surface area (Å²) in [6.45, 7) is 1.07. The van der Waals surface area contributed by atoms with Gasteiger partial charge in [-0.1, -0.05) is 17.7 Å². The Morgan fingerprint density at radius 3 is 2.55 bits per heavy atom. The monoisotopic (exact) mass is 448 g/mol. The first-order chi connectivity index (χ1) is 14.7. The number of nitrogens with one attached hydrogen (secondary N) is 1. The molecule has 1 heterocycles. The molecule has 162 valence electrons. The lowest BCUT2D eigenvalue weighted by atomic mass is 10.2. The number of hydrogen-bond donors (Lipinski definition) is 1. The number of anilines is 1. The second-order valence-electron chi connectivity index (χ2n) is 6.40. The molecule has 1 aromatic heterocycles. The summed E-state index contributed by atoms with van der Waals surface area (Å²) in [5.41, 5.74) is -1.07. The molecule has 0 aliphatic heterocycles. The van der Waals surface area contributed by atoms with Gasteiger partial charge in [0, 0.05) is 17.5 Å². The molecule has 0 unspecified atom stereocenters. The predicted octanol–water partition coefficient (Wildman–Crippen LogP) is 2.21. The predicted molar refractivity (Wildman–Crippen MR) is 112 cm³/mol. The fraction of sp³-hybridized carbons (Fsp3) is 0.200. The number of carbonyl (C=O) groups is 1. The molecule has 3 rings (SSSR count). The summed E-state index contributed by atoms with van der Waals surface area (Å²) < 4.78 is 26.1. The van der Waals surface area contributed by atoms with E-state index < -0.39 is 23.0 Å². The van der Waals surface area contributed by atoms with Gasteiger partial charge < -0.3 is 14.8 Å². The Morgan fingerprint density at radius 2 is 1.90 bits per heavy atom. The normalized spacial score (nSPS) is 10.6. The minimum absolute atomic E-state index is 0.116. The van der Waals surface area contributed by atoms with E-state index in [-0.39, 0.29) is 23.8 Å². The molecule has 2 aromatic carbocycles. The van der Waals surface area contributed by atoms with Crippen molar-refractivity contribution in [2.24, 2.45) is 0 Å². The molecule has 31 heavy (non-hydrogen) atoms. The molecule has 0 spiro atoms. The van der Waals surface area contributed by atoms with Crippen LogP contribution in [0.2, 0.25) is 5.02 Å². The van der Waals surface area contributed by atoms with Crippen molar-refractivity contribution in [3.05, 3.63) is 73.6 Å². The van der Waals surface area contributed by atoms with Gasteiger partial charge in [-0.3, -0.25) is 9.59 Å². The number of methoxy groups -OCH3 is 2. The number of carbonyl (C=O) groups excluding carboxylic acids is 1.